The van der Waals surface area contributed by atoms with E-state index in [9.17, 15) is 0 Å². The lowest BCUT2D eigenvalue weighted by Crippen LogP contribution is -2.19. The predicted octanol–water partition coefficient (Wildman–Crippen LogP) is 2.85. The van der Waals surface area contributed by atoms with Crippen LogP contribution < -0.4 is 5.32 Å². The molecule has 0 saturated carbocycles. The second kappa shape index (κ2) is 5.66. The van der Waals surface area contributed by atoms with Crippen LogP contribution in [0.25, 0.3) is 6.08 Å². The first-order valence-corrected chi connectivity index (χ1v) is 5.11. The molecule has 1 rings (SSSR count). The van der Waals surface area contributed by atoms with Crippen LogP contribution in [0.2, 0.25) is 0 Å². The maximum absolute atomic E-state index is 5.28. The molecule has 78 valence electrons. The van der Waals surface area contributed by atoms with Crippen LogP contribution in [0.3, 0.4) is 0 Å². The van der Waals surface area contributed by atoms with Gasteiger partial charge in [-0.3, -0.25) is 0 Å². The van der Waals surface area contributed by atoms with E-state index in [1.807, 2.05) is 19.1 Å². The predicted molar refractivity (Wildman–Crippen MR) is 60.2 cm³/mol. The zero-order valence-corrected chi connectivity index (χ0v) is 9.21. The molecule has 1 aromatic heterocycles. The monoisotopic (exact) mass is 193 g/mol. The largest absolute Gasteiger partial charge is 0.465 e. The quantitative estimate of drug-likeness (QED) is 0.727. The molecule has 0 saturated heterocycles. The molecule has 0 aliphatic rings. The van der Waals surface area contributed by atoms with Crippen molar-refractivity contribution >= 4 is 6.08 Å². The summed E-state index contributed by atoms with van der Waals surface area (Å²) < 4.78 is 5.28. The van der Waals surface area contributed by atoms with Crippen LogP contribution in [0.1, 0.15) is 25.2 Å². The van der Waals surface area contributed by atoms with Crippen LogP contribution in [0.15, 0.2) is 22.8 Å². The van der Waals surface area contributed by atoms with Crippen LogP contribution in [0, 0.1) is 12.8 Å². The molecule has 0 atom stereocenters. The van der Waals surface area contributed by atoms with Crippen LogP contribution >= 0.6 is 0 Å². The summed E-state index contributed by atoms with van der Waals surface area (Å²) in [5.74, 6) is 1.66. The van der Waals surface area contributed by atoms with Crippen molar-refractivity contribution in [1.29, 1.82) is 0 Å². The van der Waals surface area contributed by atoms with Crippen LogP contribution in [-0.4, -0.2) is 13.1 Å². The van der Waals surface area contributed by atoms with Crippen molar-refractivity contribution in [2.24, 2.45) is 5.92 Å². The normalized spacial score (nSPS) is 11.7. The molecule has 0 aliphatic carbocycles. The van der Waals surface area contributed by atoms with Crippen LogP contribution in [-0.2, 0) is 0 Å². The van der Waals surface area contributed by atoms with Gasteiger partial charge < -0.3 is 9.73 Å². The first-order chi connectivity index (χ1) is 6.70. The second-order valence-corrected chi connectivity index (χ2v) is 3.92. The second-order valence-electron chi connectivity index (χ2n) is 3.92. The smallest absolute Gasteiger partial charge is 0.129 e. The van der Waals surface area contributed by atoms with Gasteiger partial charge in [0, 0.05) is 6.54 Å². The summed E-state index contributed by atoms with van der Waals surface area (Å²) >= 11 is 0. The maximum Gasteiger partial charge on any atom is 0.129 e. The Balaban J connectivity index is 2.25. The van der Waals surface area contributed by atoms with Crippen molar-refractivity contribution in [2.75, 3.05) is 13.1 Å². The lowest BCUT2D eigenvalue weighted by molar-refractivity contribution is 0.554. The van der Waals surface area contributed by atoms with Crippen LogP contribution in [0.5, 0.6) is 0 Å². The Bertz CT molecular complexity index is 286. The molecule has 1 N–H and O–H groups in total. The van der Waals surface area contributed by atoms with E-state index in [-0.39, 0.29) is 0 Å². The summed E-state index contributed by atoms with van der Waals surface area (Å²) in [4.78, 5) is 0. The fraction of sp³-hybridized carbons (Fsp3) is 0.500. The average molecular weight is 193 g/mol. The number of hydrogen-bond acceptors (Lipinski definition) is 2. The Hall–Kier alpha value is -1.02. The number of hydrogen-bond donors (Lipinski definition) is 1. The lowest BCUT2D eigenvalue weighted by atomic mass is 10.2. The first kappa shape index (κ1) is 11.1. The van der Waals surface area contributed by atoms with E-state index < -0.39 is 0 Å². The summed E-state index contributed by atoms with van der Waals surface area (Å²) in [5.41, 5.74) is 1.19. The number of nitrogens with one attached hydrogen (secondary N) is 1. The minimum atomic E-state index is 0.703. The number of furan rings is 1. The molecule has 0 fully saturated rings. The van der Waals surface area contributed by atoms with Gasteiger partial charge in [-0.2, -0.15) is 0 Å². The molecular formula is C12H19NO. The average Bonchev–Trinajstić information content (AvgIpc) is 2.51. The van der Waals surface area contributed by atoms with E-state index in [2.05, 4.69) is 25.2 Å². The maximum atomic E-state index is 5.28. The molecule has 2 heteroatoms. The van der Waals surface area contributed by atoms with E-state index in [0.29, 0.717) is 5.92 Å². The third kappa shape index (κ3) is 3.79. The van der Waals surface area contributed by atoms with Gasteiger partial charge in [-0.15, -0.1) is 0 Å². The molecule has 2 nitrogen and oxygen atoms in total. The summed E-state index contributed by atoms with van der Waals surface area (Å²) in [6.07, 6.45) is 5.83. The summed E-state index contributed by atoms with van der Waals surface area (Å²) in [6.45, 7) is 8.41. The van der Waals surface area contributed by atoms with Gasteiger partial charge >= 0.3 is 0 Å². The van der Waals surface area contributed by atoms with Gasteiger partial charge in [-0.1, -0.05) is 19.9 Å². The van der Waals surface area contributed by atoms with Crippen molar-refractivity contribution in [3.8, 4) is 0 Å². The zero-order chi connectivity index (χ0) is 10.4. The third-order valence-corrected chi connectivity index (χ3v) is 1.99. The van der Waals surface area contributed by atoms with Gasteiger partial charge in [-0.05, 0) is 37.1 Å². The van der Waals surface area contributed by atoms with E-state index >= 15 is 0 Å². The van der Waals surface area contributed by atoms with Gasteiger partial charge in [0.1, 0.15) is 5.76 Å². The van der Waals surface area contributed by atoms with Gasteiger partial charge in [0.05, 0.1) is 6.26 Å². The minimum absolute atomic E-state index is 0.703. The Morgan fingerprint density at radius 2 is 2.29 bits per heavy atom. The highest BCUT2D eigenvalue weighted by Gasteiger charge is 1.95. The Kier molecular flexibility index (Phi) is 4.47. The van der Waals surface area contributed by atoms with E-state index in [1.165, 1.54) is 5.56 Å². The highest BCUT2D eigenvalue weighted by atomic mass is 16.3. The van der Waals surface area contributed by atoms with Gasteiger partial charge in [0.25, 0.3) is 0 Å². The van der Waals surface area contributed by atoms with Crippen LogP contribution in [0.4, 0.5) is 0 Å². The zero-order valence-electron chi connectivity index (χ0n) is 9.21. The molecule has 0 spiro atoms. The molecule has 14 heavy (non-hydrogen) atoms. The van der Waals surface area contributed by atoms with Crippen molar-refractivity contribution in [3.05, 3.63) is 29.7 Å². The highest BCUT2D eigenvalue weighted by Crippen LogP contribution is 2.09. The van der Waals surface area contributed by atoms with E-state index in [1.54, 1.807) is 6.26 Å². The van der Waals surface area contributed by atoms with E-state index in [0.717, 1.165) is 18.8 Å². The van der Waals surface area contributed by atoms with Crippen molar-refractivity contribution in [3.63, 3.8) is 0 Å². The van der Waals surface area contributed by atoms with Crippen molar-refractivity contribution < 1.29 is 4.42 Å². The fourth-order valence-electron chi connectivity index (χ4n) is 1.18. The molecule has 1 aromatic rings. The molecule has 0 aromatic carbocycles. The van der Waals surface area contributed by atoms with Gasteiger partial charge in [0.2, 0.25) is 0 Å². The first-order valence-electron chi connectivity index (χ1n) is 5.11. The van der Waals surface area contributed by atoms with Gasteiger partial charge in [-0.25, -0.2) is 0 Å². The molecule has 1 heterocycles. The van der Waals surface area contributed by atoms with Crippen molar-refractivity contribution in [2.45, 2.75) is 20.8 Å². The summed E-state index contributed by atoms with van der Waals surface area (Å²) in [5, 5.41) is 3.34. The number of rotatable bonds is 5. The van der Waals surface area contributed by atoms with Crippen molar-refractivity contribution in [1.82, 2.24) is 5.32 Å². The molecule has 0 radical (unpaired) electrons. The third-order valence-electron chi connectivity index (χ3n) is 1.99. The molecule has 0 amide bonds. The standard InChI is InChI=1S/C12H19NO/c1-10(2)9-13-7-4-5-12-11(3)6-8-14-12/h4-6,8,10,13H,7,9H2,1-3H3/b5-4+. The SMILES string of the molecule is Cc1ccoc1/C=C/CNCC(C)C. The Labute approximate surface area is 86.0 Å². The fourth-order valence-corrected chi connectivity index (χ4v) is 1.18. The minimum Gasteiger partial charge on any atom is -0.465 e. The summed E-state index contributed by atoms with van der Waals surface area (Å²) in [6, 6.07) is 1.97. The van der Waals surface area contributed by atoms with Gasteiger partial charge in [0.15, 0.2) is 0 Å². The summed E-state index contributed by atoms with van der Waals surface area (Å²) in [7, 11) is 0. The topological polar surface area (TPSA) is 25.2 Å². The molecule has 0 unspecified atom stereocenters. The lowest BCUT2D eigenvalue weighted by Gasteiger charge is -2.03. The Morgan fingerprint density at radius 3 is 2.86 bits per heavy atom. The van der Waals surface area contributed by atoms with E-state index in [4.69, 9.17) is 4.42 Å². The molecule has 0 bridgehead atoms. The highest BCUT2D eigenvalue weighted by molar-refractivity contribution is 5.46. The number of aryl methyl sites for hydroxylation is 1. The molecule has 0 aliphatic heterocycles. The molecular weight excluding hydrogens is 174 g/mol. The Morgan fingerprint density at radius 1 is 1.50 bits per heavy atom.